The zero-order valence-corrected chi connectivity index (χ0v) is 13.4. The molecule has 0 spiro atoms. The van der Waals surface area contributed by atoms with Crippen LogP contribution in [-0.4, -0.2) is 10.9 Å². The van der Waals surface area contributed by atoms with Gasteiger partial charge in [-0.15, -0.1) is 0 Å². The molecule has 1 aromatic carbocycles. The molecule has 1 heterocycles. The molecule has 2 aromatic rings. The fraction of sp³-hybridized carbons (Fsp3) is 0.294. The Morgan fingerprint density at radius 1 is 1.29 bits per heavy atom. The third-order valence-corrected chi connectivity index (χ3v) is 4.44. The normalized spacial score (nSPS) is 21.6. The van der Waals surface area contributed by atoms with Crippen LogP contribution in [0.3, 0.4) is 0 Å². The summed E-state index contributed by atoms with van der Waals surface area (Å²) in [7, 11) is 0. The lowest BCUT2D eigenvalue weighted by atomic mass is 10.1. The highest BCUT2D eigenvalue weighted by atomic mass is 79.9. The number of nitrogens with zero attached hydrogens (tertiary/aromatic N) is 1. The molecule has 3 nitrogen and oxygen atoms in total. The molecule has 0 aliphatic heterocycles. The summed E-state index contributed by atoms with van der Waals surface area (Å²) in [5, 5.41) is 3.06. The van der Waals surface area contributed by atoms with Gasteiger partial charge in [-0.3, -0.25) is 9.78 Å². The summed E-state index contributed by atoms with van der Waals surface area (Å²) in [6.07, 6.45) is 2.68. The van der Waals surface area contributed by atoms with Crippen LogP contribution < -0.4 is 5.32 Å². The maximum atomic E-state index is 12.3. The maximum Gasteiger partial charge on any atom is 0.224 e. The molecule has 1 aliphatic carbocycles. The molecule has 0 saturated heterocycles. The van der Waals surface area contributed by atoms with E-state index in [1.54, 1.807) is 6.20 Å². The van der Waals surface area contributed by atoms with E-state index in [0.29, 0.717) is 5.92 Å². The Morgan fingerprint density at radius 3 is 2.71 bits per heavy atom. The van der Waals surface area contributed by atoms with Crippen LogP contribution in [0.5, 0.6) is 0 Å². The zero-order chi connectivity index (χ0) is 14.8. The van der Waals surface area contributed by atoms with Crippen LogP contribution in [0.4, 0.5) is 0 Å². The van der Waals surface area contributed by atoms with Crippen molar-refractivity contribution in [3.63, 3.8) is 0 Å². The van der Waals surface area contributed by atoms with Crippen LogP contribution in [0.25, 0.3) is 0 Å². The van der Waals surface area contributed by atoms with E-state index in [2.05, 4.69) is 38.4 Å². The monoisotopic (exact) mass is 344 g/mol. The smallest absolute Gasteiger partial charge is 0.224 e. The lowest BCUT2D eigenvalue weighted by Crippen LogP contribution is -2.28. The van der Waals surface area contributed by atoms with E-state index in [9.17, 15) is 4.79 Å². The molecule has 3 rings (SSSR count). The number of nitrogens with one attached hydrogen (secondary N) is 1. The molecule has 0 bridgehead atoms. The Bertz CT molecular complexity index is 627. The molecule has 3 atom stereocenters. The summed E-state index contributed by atoms with van der Waals surface area (Å²) in [5.41, 5.74) is 2.13. The van der Waals surface area contributed by atoms with Gasteiger partial charge < -0.3 is 5.32 Å². The number of hydrogen-bond acceptors (Lipinski definition) is 2. The number of benzene rings is 1. The number of carbonyl (C=O) groups excluding carboxylic acids is 1. The number of carbonyl (C=O) groups is 1. The van der Waals surface area contributed by atoms with Gasteiger partial charge in [-0.25, -0.2) is 0 Å². The SMILES string of the molecule is C[C@H](NC(=O)[C@H]1C[C@@H]1c1ccc(Br)cc1)c1ccccn1. The Morgan fingerprint density at radius 2 is 2.05 bits per heavy atom. The highest BCUT2D eigenvalue weighted by Gasteiger charge is 2.44. The first kappa shape index (κ1) is 14.3. The minimum absolute atomic E-state index is 0.0510. The number of amides is 1. The number of rotatable bonds is 4. The average Bonchev–Trinajstić information content (AvgIpc) is 3.29. The third-order valence-electron chi connectivity index (χ3n) is 3.92. The van der Waals surface area contributed by atoms with Crippen molar-refractivity contribution in [1.29, 1.82) is 0 Å². The number of halogens is 1. The molecule has 108 valence electrons. The molecule has 21 heavy (non-hydrogen) atoms. The van der Waals surface area contributed by atoms with Crippen molar-refractivity contribution < 1.29 is 4.79 Å². The predicted octanol–water partition coefficient (Wildman–Crippen LogP) is 3.83. The first-order chi connectivity index (χ1) is 10.1. The van der Waals surface area contributed by atoms with Gasteiger partial charge in [0.15, 0.2) is 0 Å². The number of aromatic nitrogens is 1. The molecule has 1 aromatic heterocycles. The lowest BCUT2D eigenvalue weighted by Gasteiger charge is -2.13. The summed E-state index contributed by atoms with van der Waals surface area (Å²) < 4.78 is 1.07. The molecule has 1 aliphatic rings. The van der Waals surface area contributed by atoms with E-state index in [0.717, 1.165) is 16.6 Å². The fourth-order valence-electron chi connectivity index (χ4n) is 2.59. The Labute approximate surface area is 132 Å². The van der Waals surface area contributed by atoms with Crippen LogP contribution in [0, 0.1) is 5.92 Å². The van der Waals surface area contributed by atoms with Crippen LogP contribution in [0.1, 0.15) is 36.6 Å². The van der Waals surface area contributed by atoms with Crippen molar-refractivity contribution in [2.75, 3.05) is 0 Å². The van der Waals surface area contributed by atoms with E-state index >= 15 is 0 Å². The Hall–Kier alpha value is -1.68. The maximum absolute atomic E-state index is 12.3. The lowest BCUT2D eigenvalue weighted by molar-refractivity contribution is -0.123. The van der Waals surface area contributed by atoms with Gasteiger partial charge in [0.05, 0.1) is 11.7 Å². The van der Waals surface area contributed by atoms with Crippen LogP contribution in [0.2, 0.25) is 0 Å². The van der Waals surface area contributed by atoms with Crippen molar-refractivity contribution in [2.45, 2.75) is 25.3 Å². The van der Waals surface area contributed by atoms with Gasteiger partial charge in [0, 0.05) is 16.6 Å². The molecule has 0 radical (unpaired) electrons. The minimum atomic E-state index is -0.0510. The summed E-state index contributed by atoms with van der Waals surface area (Å²) in [6, 6.07) is 13.9. The van der Waals surface area contributed by atoms with Gasteiger partial charge in [0.25, 0.3) is 0 Å². The standard InChI is InChI=1S/C17H17BrN2O/c1-11(16-4-2-3-9-19-16)20-17(21)15-10-14(15)12-5-7-13(18)8-6-12/h2-9,11,14-15H,10H2,1H3,(H,20,21)/t11-,14+,15-/m0/s1. The predicted molar refractivity (Wildman–Crippen MR) is 85.8 cm³/mol. The molecule has 4 heteroatoms. The van der Waals surface area contributed by atoms with Crippen molar-refractivity contribution in [1.82, 2.24) is 10.3 Å². The second-order valence-corrected chi connectivity index (χ2v) is 6.40. The molecular weight excluding hydrogens is 328 g/mol. The molecule has 1 amide bonds. The third kappa shape index (κ3) is 3.32. The first-order valence-electron chi connectivity index (χ1n) is 7.12. The molecule has 1 saturated carbocycles. The molecular formula is C17H17BrN2O. The largest absolute Gasteiger partial charge is 0.348 e. The van der Waals surface area contributed by atoms with Gasteiger partial charge in [0.2, 0.25) is 5.91 Å². The van der Waals surface area contributed by atoms with Gasteiger partial charge in [-0.1, -0.05) is 34.1 Å². The molecule has 1 N–H and O–H groups in total. The van der Waals surface area contributed by atoms with Gasteiger partial charge in [0.1, 0.15) is 0 Å². The average molecular weight is 345 g/mol. The first-order valence-corrected chi connectivity index (χ1v) is 7.91. The molecule has 1 fully saturated rings. The van der Waals surface area contributed by atoms with E-state index in [-0.39, 0.29) is 17.9 Å². The van der Waals surface area contributed by atoms with Crippen molar-refractivity contribution in [3.8, 4) is 0 Å². The summed E-state index contributed by atoms with van der Waals surface area (Å²) in [4.78, 5) is 16.6. The summed E-state index contributed by atoms with van der Waals surface area (Å²) >= 11 is 3.43. The van der Waals surface area contributed by atoms with Gasteiger partial charge >= 0.3 is 0 Å². The topological polar surface area (TPSA) is 42.0 Å². The highest BCUT2D eigenvalue weighted by Crippen LogP contribution is 2.47. The van der Waals surface area contributed by atoms with E-state index in [4.69, 9.17) is 0 Å². The Kier molecular flexibility index (Phi) is 4.06. The summed E-state index contributed by atoms with van der Waals surface area (Å²) in [6.45, 7) is 1.97. The minimum Gasteiger partial charge on any atom is -0.348 e. The van der Waals surface area contributed by atoms with Crippen LogP contribution in [0.15, 0.2) is 53.1 Å². The van der Waals surface area contributed by atoms with Crippen LogP contribution >= 0.6 is 15.9 Å². The van der Waals surface area contributed by atoms with Crippen molar-refractivity contribution >= 4 is 21.8 Å². The second kappa shape index (κ2) is 5.98. The van der Waals surface area contributed by atoms with Crippen molar-refractivity contribution in [3.05, 3.63) is 64.4 Å². The van der Waals surface area contributed by atoms with E-state index < -0.39 is 0 Å². The quantitative estimate of drug-likeness (QED) is 0.915. The highest BCUT2D eigenvalue weighted by molar-refractivity contribution is 9.10. The summed E-state index contributed by atoms with van der Waals surface area (Å²) in [5.74, 6) is 0.576. The number of hydrogen-bond donors (Lipinski definition) is 1. The zero-order valence-electron chi connectivity index (χ0n) is 11.8. The Balaban J connectivity index is 1.59. The van der Waals surface area contributed by atoms with Crippen LogP contribution in [-0.2, 0) is 4.79 Å². The van der Waals surface area contributed by atoms with Gasteiger partial charge in [-0.05, 0) is 49.1 Å². The molecule has 0 unspecified atom stereocenters. The van der Waals surface area contributed by atoms with Gasteiger partial charge in [-0.2, -0.15) is 0 Å². The number of pyridine rings is 1. The fourth-order valence-corrected chi connectivity index (χ4v) is 2.85. The second-order valence-electron chi connectivity index (χ2n) is 5.49. The van der Waals surface area contributed by atoms with Crippen molar-refractivity contribution in [2.24, 2.45) is 5.92 Å². The van der Waals surface area contributed by atoms with E-state index in [1.165, 1.54) is 5.56 Å². The van der Waals surface area contributed by atoms with E-state index in [1.807, 2.05) is 37.3 Å².